The summed E-state index contributed by atoms with van der Waals surface area (Å²) < 4.78 is 20.6. The number of aromatic nitrogens is 1. The van der Waals surface area contributed by atoms with Crippen molar-refractivity contribution in [3.8, 4) is 0 Å². The van der Waals surface area contributed by atoms with Crippen LogP contribution in [0.2, 0.25) is 0 Å². The second-order valence-electron chi connectivity index (χ2n) is 2.59. The first kappa shape index (κ1) is 10.9. The minimum atomic E-state index is -1.35. The van der Waals surface area contributed by atoms with Gasteiger partial charge in [0.05, 0.1) is 17.9 Å². The van der Waals surface area contributed by atoms with E-state index in [0.29, 0.717) is 12.2 Å². The Morgan fingerprint density at radius 2 is 2.29 bits per heavy atom. The van der Waals surface area contributed by atoms with Crippen molar-refractivity contribution >= 4 is 16.8 Å². The fourth-order valence-electron chi connectivity index (χ4n) is 1.05. The van der Waals surface area contributed by atoms with E-state index < -0.39 is 16.8 Å². The number of carbonyl (C=O) groups excluding carboxylic acids is 1. The van der Waals surface area contributed by atoms with Gasteiger partial charge in [0, 0.05) is 12.7 Å². The maximum Gasteiger partial charge on any atom is 0.344 e. The Labute approximate surface area is 83.9 Å². The molecule has 0 radical (unpaired) electrons. The van der Waals surface area contributed by atoms with Crippen molar-refractivity contribution in [1.29, 1.82) is 0 Å². The number of rotatable bonds is 3. The standard InChI is InChI=1S/C8H11NO4S/c1-4-5-6(8(10)12-2)7(9-13-5)14(3)11/h4H2,1-3H3. The van der Waals surface area contributed by atoms with Crippen LogP contribution in [0.1, 0.15) is 23.0 Å². The molecule has 0 bridgehead atoms. The van der Waals surface area contributed by atoms with Crippen molar-refractivity contribution in [3.63, 3.8) is 0 Å². The molecule has 0 saturated carbocycles. The van der Waals surface area contributed by atoms with Crippen molar-refractivity contribution in [1.82, 2.24) is 5.16 Å². The molecule has 1 aromatic heterocycles. The van der Waals surface area contributed by atoms with Gasteiger partial charge in [0.15, 0.2) is 10.8 Å². The molecule has 1 atom stereocenters. The molecule has 1 rings (SSSR count). The van der Waals surface area contributed by atoms with E-state index in [1.807, 2.05) is 6.92 Å². The number of nitrogens with zero attached hydrogens (tertiary/aromatic N) is 1. The maximum atomic E-state index is 11.3. The first-order valence-electron chi connectivity index (χ1n) is 4.02. The van der Waals surface area contributed by atoms with Crippen LogP contribution in [0.15, 0.2) is 9.55 Å². The summed E-state index contributed by atoms with van der Waals surface area (Å²) >= 11 is 0. The molecule has 0 N–H and O–H groups in total. The zero-order valence-electron chi connectivity index (χ0n) is 8.20. The number of esters is 1. The summed E-state index contributed by atoms with van der Waals surface area (Å²) in [5.74, 6) is -0.157. The Hall–Kier alpha value is -1.17. The van der Waals surface area contributed by atoms with Crippen LogP contribution in [-0.2, 0) is 22.0 Å². The lowest BCUT2D eigenvalue weighted by atomic mass is 10.2. The highest BCUT2D eigenvalue weighted by atomic mass is 32.2. The predicted molar refractivity (Wildman–Crippen MR) is 49.6 cm³/mol. The summed E-state index contributed by atoms with van der Waals surface area (Å²) in [7, 11) is -0.0881. The second-order valence-corrected chi connectivity index (χ2v) is 3.88. The van der Waals surface area contributed by atoms with Crippen molar-refractivity contribution < 1.29 is 18.3 Å². The zero-order chi connectivity index (χ0) is 10.7. The Kier molecular flexibility index (Phi) is 3.40. The molecule has 1 aromatic rings. The lowest BCUT2D eigenvalue weighted by molar-refractivity contribution is 0.0594. The first-order chi connectivity index (χ1) is 6.61. The lowest BCUT2D eigenvalue weighted by Gasteiger charge is -1.97. The van der Waals surface area contributed by atoms with Gasteiger partial charge in [-0.1, -0.05) is 12.1 Å². The van der Waals surface area contributed by atoms with Gasteiger partial charge in [-0.15, -0.1) is 0 Å². The normalized spacial score (nSPS) is 12.5. The van der Waals surface area contributed by atoms with Crippen LogP contribution < -0.4 is 0 Å². The average Bonchev–Trinajstić information content (AvgIpc) is 2.59. The fraction of sp³-hybridized carbons (Fsp3) is 0.500. The fourth-order valence-corrected chi connectivity index (χ4v) is 1.67. The Morgan fingerprint density at radius 1 is 1.64 bits per heavy atom. The van der Waals surface area contributed by atoms with Gasteiger partial charge in [-0.25, -0.2) is 4.79 Å². The first-order valence-corrected chi connectivity index (χ1v) is 5.57. The summed E-state index contributed by atoms with van der Waals surface area (Å²) in [6, 6.07) is 0. The van der Waals surface area contributed by atoms with Crippen molar-refractivity contribution in [2.24, 2.45) is 0 Å². The van der Waals surface area contributed by atoms with Crippen molar-refractivity contribution in [2.45, 2.75) is 18.4 Å². The number of carbonyl (C=O) groups is 1. The van der Waals surface area contributed by atoms with E-state index in [4.69, 9.17) is 4.52 Å². The van der Waals surface area contributed by atoms with Crippen LogP contribution in [0.5, 0.6) is 0 Å². The van der Waals surface area contributed by atoms with Gasteiger partial charge >= 0.3 is 5.97 Å². The summed E-state index contributed by atoms with van der Waals surface area (Å²) in [5, 5.41) is 3.73. The third-order valence-corrected chi connectivity index (χ3v) is 2.54. The Bertz CT molecular complexity index is 371. The lowest BCUT2D eigenvalue weighted by Crippen LogP contribution is -2.07. The highest BCUT2D eigenvalue weighted by Gasteiger charge is 2.24. The van der Waals surface area contributed by atoms with Gasteiger partial charge < -0.3 is 9.26 Å². The number of ether oxygens (including phenoxy) is 1. The summed E-state index contributed by atoms with van der Waals surface area (Å²) in [6.07, 6.45) is 1.94. The Morgan fingerprint density at radius 3 is 2.71 bits per heavy atom. The van der Waals surface area contributed by atoms with Gasteiger partial charge in [-0.05, 0) is 0 Å². The van der Waals surface area contributed by atoms with Crippen LogP contribution >= 0.6 is 0 Å². The van der Waals surface area contributed by atoms with Gasteiger partial charge in [0.2, 0.25) is 0 Å². The molecule has 0 aliphatic heterocycles. The molecule has 0 aliphatic rings. The highest BCUT2D eigenvalue weighted by molar-refractivity contribution is 7.84. The van der Waals surface area contributed by atoms with E-state index in [0.717, 1.165) is 0 Å². The highest BCUT2D eigenvalue weighted by Crippen LogP contribution is 2.18. The maximum absolute atomic E-state index is 11.3. The monoisotopic (exact) mass is 217 g/mol. The predicted octanol–water partition coefficient (Wildman–Crippen LogP) is 0.761. The van der Waals surface area contributed by atoms with Crippen LogP contribution in [-0.4, -0.2) is 28.7 Å². The molecule has 6 heteroatoms. The molecular formula is C8H11NO4S. The van der Waals surface area contributed by atoms with Crippen molar-refractivity contribution in [3.05, 3.63) is 11.3 Å². The quantitative estimate of drug-likeness (QED) is 0.699. The number of methoxy groups -OCH3 is 1. The largest absolute Gasteiger partial charge is 0.465 e. The van der Waals surface area contributed by atoms with Crippen molar-refractivity contribution in [2.75, 3.05) is 13.4 Å². The molecule has 1 heterocycles. The summed E-state index contributed by atoms with van der Waals surface area (Å²) in [6.45, 7) is 1.81. The molecule has 1 unspecified atom stereocenters. The van der Waals surface area contributed by atoms with Gasteiger partial charge in [-0.3, -0.25) is 4.21 Å². The number of aryl methyl sites for hydroxylation is 1. The summed E-state index contributed by atoms with van der Waals surface area (Å²) in [4.78, 5) is 11.3. The molecule has 0 spiro atoms. The van der Waals surface area contributed by atoms with E-state index in [-0.39, 0.29) is 10.6 Å². The van der Waals surface area contributed by atoms with Crippen LogP contribution in [0.25, 0.3) is 0 Å². The van der Waals surface area contributed by atoms with E-state index in [1.165, 1.54) is 13.4 Å². The zero-order valence-corrected chi connectivity index (χ0v) is 9.01. The third kappa shape index (κ3) is 1.84. The summed E-state index contributed by atoms with van der Waals surface area (Å²) in [5.41, 5.74) is 0.191. The molecule has 5 nitrogen and oxygen atoms in total. The molecule has 0 aromatic carbocycles. The molecule has 0 amide bonds. The topological polar surface area (TPSA) is 69.4 Å². The van der Waals surface area contributed by atoms with Crippen LogP contribution in [0.3, 0.4) is 0 Å². The molecule has 14 heavy (non-hydrogen) atoms. The van der Waals surface area contributed by atoms with E-state index >= 15 is 0 Å². The molecule has 0 aliphatic carbocycles. The third-order valence-electron chi connectivity index (χ3n) is 1.71. The molecule has 78 valence electrons. The smallest absolute Gasteiger partial charge is 0.344 e. The Balaban J connectivity index is 3.26. The average molecular weight is 217 g/mol. The van der Waals surface area contributed by atoms with E-state index in [2.05, 4.69) is 9.89 Å². The van der Waals surface area contributed by atoms with Crippen LogP contribution in [0, 0.1) is 0 Å². The second kappa shape index (κ2) is 4.36. The molecular weight excluding hydrogens is 206 g/mol. The minimum absolute atomic E-state index is 0.147. The van der Waals surface area contributed by atoms with Gasteiger partial charge in [0.25, 0.3) is 0 Å². The molecule has 0 saturated heterocycles. The van der Waals surface area contributed by atoms with E-state index in [1.54, 1.807) is 0 Å². The van der Waals surface area contributed by atoms with Gasteiger partial charge in [0.1, 0.15) is 5.56 Å². The molecule has 0 fully saturated rings. The van der Waals surface area contributed by atoms with E-state index in [9.17, 15) is 9.00 Å². The van der Waals surface area contributed by atoms with Crippen LogP contribution in [0.4, 0.5) is 0 Å². The number of hydrogen-bond donors (Lipinski definition) is 0. The van der Waals surface area contributed by atoms with Gasteiger partial charge in [-0.2, -0.15) is 0 Å². The minimum Gasteiger partial charge on any atom is -0.465 e. The number of hydrogen-bond acceptors (Lipinski definition) is 5. The SMILES string of the molecule is CCc1onc(S(C)=O)c1C(=O)OC.